The van der Waals surface area contributed by atoms with Gasteiger partial charge in [-0.3, -0.25) is 9.88 Å². The lowest BCUT2D eigenvalue weighted by atomic mass is 10.1. The van der Waals surface area contributed by atoms with E-state index in [2.05, 4.69) is 38.0 Å². The Morgan fingerprint density at radius 1 is 0.912 bits per heavy atom. The minimum absolute atomic E-state index is 0.00652. The number of fused-ring (bicyclic) bond motifs is 1. The number of urea groups is 2. The molecule has 4 amide bonds. The Kier molecular flexibility index (Phi) is 7.93. The van der Waals surface area contributed by atoms with E-state index >= 15 is 0 Å². The van der Waals surface area contributed by atoms with Gasteiger partial charge in [0, 0.05) is 56.9 Å². The Labute approximate surface area is 200 Å². The van der Waals surface area contributed by atoms with Crippen molar-refractivity contribution in [3.63, 3.8) is 0 Å². The molecule has 0 atom stereocenters. The van der Waals surface area contributed by atoms with Crippen molar-refractivity contribution in [3.05, 3.63) is 71.9 Å². The first-order valence-electron chi connectivity index (χ1n) is 11.8. The molecule has 0 saturated carbocycles. The lowest BCUT2D eigenvalue weighted by molar-refractivity contribution is 0.140. The first-order valence-corrected chi connectivity index (χ1v) is 11.8. The predicted molar refractivity (Wildman–Crippen MR) is 135 cm³/mol. The van der Waals surface area contributed by atoms with Crippen LogP contribution in [-0.2, 0) is 6.42 Å². The lowest BCUT2D eigenvalue weighted by Crippen LogP contribution is -2.53. The third-order valence-corrected chi connectivity index (χ3v) is 6.00. The van der Waals surface area contributed by atoms with Gasteiger partial charge in [0.05, 0.1) is 11.2 Å². The second kappa shape index (κ2) is 11.5. The number of pyridine rings is 1. The molecule has 2 aromatic carbocycles. The number of anilines is 1. The van der Waals surface area contributed by atoms with Crippen LogP contribution in [-0.4, -0.2) is 72.7 Å². The summed E-state index contributed by atoms with van der Waals surface area (Å²) in [6.07, 6.45) is 0.829. The van der Waals surface area contributed by atoms with Gasteiger partial charge in [-0.1, -0.05) is 48.5 Å². The van der Waals surface area contributed by atoms with Crippen LogP contribution in [0.2, 0.25) is 0 Å². The molecule has 0 bridgehead atoms. The number of hydrogen-bond donors (Lipinski definition) is 3. The maximum Gasteiger partial charge on any atom is 0.319 e. The minimum Gasteiger partial charge on any atom is -0.338 e. The summed E-state index contributed by atoms with van der Waals surface area (Å²) in [4.78, 5) is 33.5. The molecule has 0 unspecified atom stereocenters. The van der Waals surface area contributed by atoms with Crippen molar-refractivity contribution in [1.29, 1.82) is 0 Å². The molecule has 4 rings (SSSR count). The van der Waals surface area contributed by atoms with Gasteiger partial charge < -0.3 is 20.9 Å². The average Bonchev–Trinajstić information content (AvgIpc) is 2.85. The Morgan fingerprint density at radius 2 is 1.65 bits per heavy atom. The van der Waals surface area contributed by atoms with E-state index in [-0.39, 0.29) is 12.1 Å². The molecular weight excluding hydrogens is 428 g/mol. The fourth-order valence-electron chi connectivity index (χ4n) is 4.15. The third-order valence-electron chi connectivity index (χ3n) is 6.00. The van der Waals surface area contributed by atoms with Crippen LogP contribution in [0.4, 0.5) is 15.3 Å². The number of hydrogen-bond acceptors (Lipinski definition) is 4. The molecule has 2 heterocycles. The van der Waals surface area contributed by atoms with E-state index < -0.39 is 0 Å². The van der Waals surface area contributed by atoms with E-state index in [0.29, 0.717) is 26.2 Å². The first kappa shape index (κ1) is 23.5. The van der Waals surface area contributed by atoms with Crippen molar-refractivity contribution in [2.45, 2.75) is 13.3 Å². The molecule has 1 fully saturated rings. The van der Waals surface area contributed by atoms with Crippen LogP contribution >= 0.6 is 0 Å². The van der Waals surface area contributed by atoms with Gasteiger partial charge in [-0.25, -0.2) is 9.59 Å². The van der Waals surface area contributed by atoms with Crippen LogP contribution in [0.5, 0.6) is 0 Å². The summed E-state index contributed by atoms with van der Waals surface area (Å²) in [6, 6.07) is 19.6. The molecule has 1 aliphatic rings. The molecule has 1 saturated heterocycles. The number of carbonyl (C=O) groups excluding carboxylic acids is 2. The van der Waals surface area contributed by atoms with Gasteiger partial charge in [0.1, 0.15) is 0 Å². The zero-order valence-corrected chi connectivity index (χ0v) is 19.6. The van der Waals surface area contributed by atoms with Crippen LogP contribution in [0.15, 0.2) is 60.7 Å². The number of piperazine rings is 1. The summed E-state index contributed by atoms with van der Waals surface area (Å²) in [5.74, 6) is 0. The highest BCUT2D eigenvalue weighted by molar-refractivity contribution is 6.00. The summed E-state index contributed by atoms with van der Waals surface area (Å²) in [5, 5.41) is 9.81. The molecule has 1 aromatic heterocycles. The lowest BCUT2D eigenvalue weighted by Gasteiger charge is -2.34. The SMILES string of the molecule is Cc1cc(NC(=O)NCCN2CCN(C(=O)NCCc3ccccc3)CC2)c2ccccc2n1. The zero-order valence-electron chi connectivity index (χ0n) is 19.6. The molecule has 8 heteroatoms. The average molecular weight is 461 g/mol. The van der Waals surface area contributed by atoms with E-state index in [1.807, 2.05) is 60.4 Å². The highest BCUT2D eigenvalue weighted by Gasteiger charge is 2.20. The molecule has 0 spiro atoms. The van der Waals surface area contributed by atoms with Gasteiger partial charge in [0.25, 0.3) is 0 Å². The molecule has 8 nitrogen and oxygen atoms in total. The van der Waals surface area contributed by atoms with E-state index in [4.69, 9.17) is 0 Å². The highest BCUT2D eigenvalue weighted by Crippen LogP contribution is 2.22. The van der Waals surface area contributed by atoms with Crippen molar-refractivity contribution >= 4 is 28.7 Å². The predicted octanol–water partition coefficient (Wildman–Crippen LogP) is 3.23. The van der Waals surface area contributed by atoms with Crippen LogP contribution in [0.1, 0.15) is 11.3 Å². The first-order chi connectivity index (χ1) is 16.6. The van der Waals surface area contributed by atoms with Crippen molar-refractivity contribution in [1.82, 2.24) is 25.4 Å². The Hall–Kier alpha value is -3.65. The van der Waals surface area contributed by atoms with E-state index in [1.54, 1.807) is 0 Å². The molecule has 0 radical (unpaired) electrons. The second-order valence-corrected chi connectivity index (χ2v) is 8.51. The van der Waals surface area contributed by atoms with Crippen molar-refractivity contribution in [2.75, 3.05) is 51.1 Å². The van der Waals surface area contributed by atoms with Crippen molar-refractivity contribution in [3.8, 4) is 0 Å². The number of nitrogens with zero attached hydrogens (tertiary/aromatic N) is 3. The zero-order chi connectivity index (χ0) is 23.8. The third kappa shape index (κ3) is 6.45. The van der Waals surface area contributed by atoms with E-state index in [9.17, 15) is 9.59 Å². The minimum atomic E-state index is -0.229. The van der Waals surface area contributed by atoms with Gasteiger partial charge in [-0.15, -0.1) is 0 Å². The number of para-hydroxylation sites is 1. The standard InChI is InChI=1S/C26H32N6O2/c1-20-19-24(22-9-5-6-10-23(22)29-20)30-25(33)27-13-14-31-15-17-32(18-16-31)26(34)28-12-11-21-7-3-2-4-8-21/h2-10,19H,11-18H2,1H3,(H,28,34)(H2,27,29,30,33). The number of carbonyl (C=O) groups is 2. The molecule has 34 heavy (non-hydrogen) atoms. The molecule has 178 valence electrons. The van der Waals surface area contributed by atoms with Crippen LogP contribution in [0, 0.1) is 6.92 Å². The molecule has 0 aliphatic carbocycles. The van der Waals surface area contributed by atoms with E-state index in [0.717, 1.165) is 48.3 Å². The molecular formula is C26H32N6O2. The Balaban J connectivity index is 1.14. The number of aryl methyl sites for hydroxylation is 1. The van der Waals surface area contributed by atoms with Crippen molar-refractivity contribution in [2.24, 2.45) is 0 Å². The number of rotatable bonds is 7. The smallest absolute Gasteiger partial charge is 0.319 e. The van der Waals surface area contributed by atoms with Crippen LogP contribution in [0.25, 0.3) is 10.9 Å². The number of benzene rings is 2. The summed E-state index contributed by atoms with van der Waals surface area (Å²) in [7, 11) is 0. The normalized spacial score (nSPS) is 14.1. The highest BCUT2D eigenvalue weighted by atomic mass is 16.2. The summed E-state index contributed by atoms with van der Waals surface area (Å²) in [6.45, 7) is 6.79. The second-order valence-electron chi connectivity index (χ2n) is 8.51. The molecule has 1 aliphatic heterocycles. The van der Waals surface area contributed by atoms with Crippen molar-refractivity contribution < 1.29 is 9.59 Å². The monoisotopic (exact) mass is 460 g/mol. The van der Waals surface area contributed by atoms with Crippen LogP contribution in [0.3, 0.4) is 0 Å². The van der Waals surface area contributed by atoms with E-state index in [1.165, 1.54) is 5.56 Å². The Bertz CT molecular complexity index is 1110. The van der Waals surface area contributed by atoms with Gasteiger partial charge >= 0.3 is 12.1 Å². The maximum absolute atomic E-state index is 12.4. The number of amides is 4. The van der Waals surface area contributed by atoms with Crippen LogP contribution < -0.4 is 16.0 Å². The quantitative estimate of drug-likeness (QED) is 0.505. The van der Waals surface area contributed by atoms with Gasteiger partial charge in [0.2, 0.25) is 0 Å². The van der Waals surface area contributed by atoms with Gasteiger partial charge in [-0.05, 0) is 31.0 Å². The maximum atomic E-state index is 12.4. The molecule has 3 N–H and O–H groups in total. The summed E-state index contributed by atoms with van der Waals surface area (Å²) in [5.41, 5.74) is 3.69. The fraction of sp³-hybridized carbons (Fsp3) is 0.346. The summed E-state index contributed by atoms with van der Waals surface area (Å²) < 4.78 is 0. The number of aromatic nitrogens is 1. The molecule has 3 aromatic rings. The topological polar surface area (TPSA) is 89.6 Å². The largest absolute Gasteiger partial charge is 0.338 e. The van der Waals surface area contributed by atoms with Gasteiger partial charge in [-0.2, -0.15) is 0 Å². The summed E-state index contributed by atoms with van der Waals surface area (Å²) >= 11 is 0. The van der Waals surface area contributed by atoms with Gasteiger partial charge in [0.15, 0.2) is 0 Å². The number of nitrogens with one attached hydrogen (secondary N) is 3. The Morgan fingerprint density at radius 3 is 2.44 bits per heavy atom. The fourth-order valence-corrected chi connectivity index (χ4v) is 4.15.